The number of halogens is 1. The van der Waals surface area contributed by atoms with Crippen molar-refractivity contribution in [3.05, 3.63) is 28.7 Å². The molecule has 0 radical (unpaired) electrons. The van der Waals surface area contributed by atoms with Gasteiger partial charge in [0.05, 0.1) is 18.2 Å². The van der Waals surface area contributed by atoms with E-state index in [0.29, 0.717) is 11.0 Å². The van der Waals surface area contributed by atoms with Gasteiger partial charge >= 0.3 is 0 Å². The molecule has 1 fully saturated rings. The van der Waals surface area contributed by atoms with Crippen molar-refractivity contribution < 1.29 is 9.47 Å². The summed E-state index contributed by atoms with van der Waals surface area (Å²) in [6.07, 6.45) is 4.31. The summed E-state index contributed by atoms with van der Waals surface area (Å²) in [6, 6.07) is 3.97. The Labute approximate surface area is 129 Å². The minimum Gasteiger partial charge on any atom is -0.496 e. The molecule has 2 aromatic rings. The lowest BCUT2D eigenvalue weighted by molar-refractivity contribution is -0.0103. The Bertz CT molecular complexity index is 682. The van der Waals surface area contributed by atoms with Gasteiger partial charge in [0, 0.05) is 24.1 Å². The second kappa shape index (κ2) is 5.43. The quantitative estimate of drug-likeness (QED) is 0.804. The number of aromatic nitrogens is 2. The standard InChI is InChI=1S/C16H19ClN2O2/c1-10-18-13-9-14(20-2)12(8-11(13)15(17)19-10)16(21-3)6-4-5-7-16/h8-9H,4-7H2,1-3H3. The molecule has 1 aromatic heterocycles. The number of methoxy groups -OCH3 is 2. The lowest BCUT2D eigenvalue weighted by Gasteiger charge is -2.30. The topological polar surface area (TPSA) is 44.2 Å². The van der Waals surface area contributed by atoms with E-state index < -0.39 is 0 Å². The van der Waals surface area contributed by atoms with Crippen molar-refractivity contribution in [2.45, 2.75) is 38.2 Å². The highest BCUT2D eigenvalue weighted by molar-refractivity contribution is 6.34. The molecule has 0 bridgehead atoms. The molecular formula is C16H19ClN2O2. The molecule has 21 heavy (non-hydrogen) atoms. The number of ether oxygens (including phenoxy) is 2. The van der Waals surface area contributed by atoms with E-state index in [1.54, 1.807) is 14.2 Å². The molecule has 1 heterocycles. The van der Waals surface area contributed by atoms with Gasteiger partial charge in [-0.15, -0.1) is 0 Å². The zero-order valence-corrected chi connectivity index (χ0v) is 13.3. The molecule has 0 saturated heterocycles. The second-order valence-electron chi connectivity index (χ2n) is 5.54. The molecule has 0 spiro atoms. The van der Waals surface area contributed by atoms with E-state index in [-0.39, 0.29) is 5.60 Å². The third kappa shape index (κ3) is 2.36. The lowest BCUT2D eigenvalue weighted by atomic mass is 9.90. The number of nitrogens with zero attached hydrogens (tertiary/aromatic N) is 2. The largest absolute Gasteiger partial charge is 0.496 e. The van der Waals surface area contributed by atoms with Gasteiger partial charge in [-0.1, -0.05) is 24.4 Å². The summed E-state index contributed by atoms with van der Waals surface area (Å²) < 4.78 is 11.5. The summed E-state index contributed by atoms with van der Waals surface area (Å²) >= 11 is 6.29. The van der Waals surface area contributed by atoms with Gasteiger partial charge < -0.3 is 9.47 Å². The molecule has 1 saturated carbocycles. The van der Waals surface area contributed by atoms with Gasteiger partial charge in [-0.05, 0) is 25.8 Å². The van der Waals surface area contributed by atoms with Gasteiger partial charge in [0.1, 0.15) is 16.7 Å². The lowest BCUT2D eigenvalue weighted by Crippen LogP contribution is -2.25. The molecule has 0 N–H and O–H groups in total. The van der Waals surface area contributed by atoms with Gasteiger partial charge in [0.25, 0.3) is 0 Å². The molecule has 3 rings (SSSR count). The van der Waals surface area contributed by atoms with Crippen molar-refractivity contribution in [3.63, 3.8) is 0 Å². The Morgan fingerprint density at radius 2 is 1.86 bits per heavy atom. The number of rotatable bonds is 3. The zero-order chi connectivity index (χ0) is 15.0. The fourth-order valence-electron chi connectivity index (χ4n) is 3.28. The molecule has 0 aliphatic heterocycles. The summed E-state index contributed by atoms with van der Waals surface area (Å²) in [4.78, 5) is 8.69. The van der Waals surface area contributed by atoms with Crippen LogP contribution in [-0.2, 0) is 10.3 Å². The summed E-state index contributed by atoms with van der Waals surface area (Å²) in [5, 5.41) is 1.33. The van der Waals surface area contributed by atoms with Crippen LogP contribution in [0.4, 0.5) is 0 Å². The Hall–Kier alpha value is -1.39. The molecule has 1 aliphatic rings. The summed E-state index contributed by atoms with van der Waals surface area (Å²) in [5.41, 5.74) is 1.57. The first-order chi connectivity index (χ1) is 10.1. The van der Waals surface area contributed by atoms with Crippen molar-refractivity contribution >= 4 is 22.5 Å². The number of hydrogen-bond donors (Lipinski definition) is 0. The minimum absolute atomic E-state index is 0.284. The Morgan fingerprint density at radius 3 is 2.48 bits per heavy atom. The molecule has 1 aromatic carbocycles. The molecule has 1 aliphatic carbocycles. The van der Waals surface area contributed by atoms with Crippen LogP contribution in [-0.4, -0.2) is 24.2 Å². The smallest absolute Gasteiger partial charge is 0.140 e. The van der Waals surface area contributed by atoms with Crippen LogP contribution in [0.2, 0.25) is 5.15 Å². The first-order valence-corrected chi connectivity index (χ1v) is 7.55. The average molecular weight is 307 g/mol. The van der Waals surface area contributed by atoms with Crippen molar-refractivity contribution in [3.8, 4) is 5.75 Å². The van der Waals surface area contributed by atoms with Gasteiger partial charge in [-0.2, -0.15) is 0 Å². The number of aryl methyl sites for hydroxylation is 1. The van der Waals surface area contributed by atoms with Gasteiger partial charge in [-0.3, -0.25) is 0 Å². The van der Waals surface area contributed by atoms with Gasteiger partial charge in [-0.25, -0.2) is 9.97 Å². The van der Waals surface area contributed by atoms with E-state index in [0.717, 1.165) is 47.9 Å². The number of benzene rings is 1. The first-order valence-electron chi connectivity index (χ1n) is 7.17. The van der Waals surface area contributed by atoms with E-state index in [1.165, 1.54) is 0 Å². The number of hydrogen-bond acceptors (Lipinski definition) is 4. The van der Waals surface area contributed by atoms with Crippen LogP contribution in [0.5, 0.6) is 5.75 Å². The third-order valence-electron chi connectivity index (χ3n) is 4.38. The summed E-state index contributed by atoms with van der Waals surface area (Å²) in [7, 11) is 3.45. The second-order valence-corrected chi connectivity index (χ2v) is 5.89. The van der Waals surface area contributed by atoms with Crippen LogP contribution in [0, 0.1) is 6.92 Å². The van der Waals surface area contributed by atoms with Crippen LogP contribution in [0.25, 0.3) is 10.9 Å². The Kier molecular flexibility index (Phi) is 3.76. The highest BCUT2D eigenvalue weighted by atomic mass is 35.5. The van der Waals surface area contributed by atoms with Crippen LogP contribution in [0.3, 0.4) is 0 Å². The van der Waals surface area contributed by atoms with Crippen molar-refractivity contribution in [2.24, 2.45) is 0 Å². The summed E-state index contributed by atoms with van der Waals surface area (Å²) in [6.45, 7) is 1.83. The van der Waals surface area contributed by atoms with Gasteiger partial charge in [0.15, 0.2) is 0 Å². The molecular weight excluding hydrogens is 288 g/mol. The normalized spacial score (nSPS) is 17.3. The highest BCUT2D eigenvalue weighted by Gasteiger charge is 2.38. The molecule has 4 nitrogen and oxygen atoms in total. The van der Waals surface area contributed by atoms with Crippen LogP contribution in [0.15, 0.2) is 12.1 Å². The first kappa shape index (κ1) is 14.5. The van der Waals surface area contributed by atoms with Crippen molar-refractivity contribution in [2.75, 3.05) is 14.2 Å². The summed E-state index contributed by atoms with van der Waals surface area (Å²) in [5.74, 6) is 1.46. The maximum Gasteiger partial charge on any atom is 0.140 e. The molecule has 112 valence electrons. The maximum atomic E-state index is 6.29. The number of fused-ring (bicyclic) bond motifs is 1. The van der Waals surface area contributed by atoms with E-state index in [1.807, 2.05) is 19.1 Å². The van der Waals surface area contributed by atoms with Gasteiger partial charge in [0.2, 0.25) is 0 Å². The van der Waals surface area contributed by atoms with Crippen molar-refractivity contribution in [1.29, 1.82) is 0 Å². The fourth-order valence-corrected chi connectivity index (χ4v) is 3.56. The third-order valence-corrected chi connectivity index (χ3v) is 4.66. The Balaban J connectivity index is 2.26. The predicted molar refractivity (Wildman–Crippen MR) is 83.0 cm³/mol. The van der Waals surface area contributed by atoms with Crippen molar-refractivity contribution in [1.82, 2.24) is 9.97 Å². The van der Waals surface area contributed by atoms with Crippen LogP contribution in [0.1, 0.15) is 37.1 Å². The molecule has 0 atom stereocenters. The van der Waals surface area contributed by atoms with Crippen LogP contribution < -0.4 is 4.74 Å². The minimum atomic E-state index is -0.284. The van der Waals surface area contributed by atoms with E-state index >= 15 is 0 Å². The molecule has 0 amide bonds. The molecule has 5 heteroatoms. The SMILES string of the molecule is COc1cc2nc(C)nc(Cl)c2cc1C1(OC)CCCC1. The predicted octanol–water partition coefficient (Wildman–Crippen LogP) is 4.02. The van der Waals surface area contributed by atoms with E-state index in [9.17, 15) is 0 Å². The monoisotopic (exact) mass is 306 g/mol. The van der Waals surface area contributed by atoms with Crippen LogP contribution >= 0.6 is 11.6 Å². The highest BCUT2D eigenvalue weighted by Crippen LogP contribution is 2.46. The van der Waals surface area contributed by atoms with E-state index in [4.69, 9.17) is 21.1 Å². The average Bonchev–Trinajstić information content (AvgIpc) is 2.95. The Morgan fingerprint density at radius 1 is 1.14 bits per heavy atom. The maximum absolute atomic E-state index is 6.29. The zero-order valence-electron chi connectivity index (χ0n) is 12.6. The molecule has 0 unspecified atom stereocenters. The fraction of sp³-hybridized carbons (Fsp3) is 0.500. The van der Waals surface area contributed by atoms with E-state index in [2.05, 4.69) is 9.97 Å².